The van der Waals surface area contributed by atoms with E-state index in [1.165, 1.54) is 11.3 Å². The number of rotatable bonds is 2. The SMILES string of the molecule is Nc1nc(S)c2nc(Cc3ccc(Cl)cc3)sc2n1. The predicted molar refractivity (Wildman–Crippen MR) is 81.1 cm³/mol. The van der Waals surface area contributed by atoms with Crippen LogP contribution in [-0.2, 0) is 6.42 Å². The summed E-state index contributed by atoms with van der Waals surface area (Å²) in [6, 6.07) is 7.70. The fourth-order valence-electron chi connectivity index (χ4n) is 1.72. The smallest absolute Gasteiger partial charge is 0.222 e. The highest BCUT2D eigenvalue weighted by atomic mass is 35.5. The van der Waals surface area contributed by atoms with Gasteiger partial charge in [0, 0.05) is 11.4 Å². The van der Waals surface area contributed by atoms with Crippen LogP contribution in [0.3, 0.4) is 0 Å². The van der Waals surface area contributed by atoms with Gasteiger partial charge in [0.15, 0.2) is 0 Å². The number of aromatic nitrogens is 3. The van der Waals surface area contributed by atoms with Gasteiger partial charge in [0.2, 0.25) is 5.95 Å². The number of hydrogen-bond donors (Lipinski definition) is 2. The molecule has 0 saturated heterocycles. The van der Waals surface area contributed by atoms with E-state index in [0.29, 0.717) is 10.5 Å². The largest absolute Gasteiger partial charge is 0.368 e. The quantitative estimate of drug-likeness (QED) is 0.563. The highest BCUT2D eigenvalue weighted by molar-refractivity contribution is 7.80. The number of fused-ring (bicyclic) bond motifs is 1. The van der Waals surface area contributed by atoms with Gasteiger partial charge in [-0.05, 0) is 17.7 Å². The van der Waals surface area contributed by atoms with Crippen molar-refractivity contribution in [2.75, 3.05) is 5.73 Å². The first-order chi connectivity index (χ1) is 9.11. The number of hydrogen-bond acceptors (Lipinski definition) is 6. The maximum Gasteiger partial charge on any atom is 0.222 e. The van der Waals surface area contributed by atoms with Crippen LogP contribution in [0.25, 0.3) is 10.3 Å². The lowest BCUT2D eigenvalue weighted by molar-refractivity contribution is 1.09. The molecular formula is C12H9ClN4S2. The Hall–Kier alpha value is -1.37. The highest BCUT2D eigenvalue weighted by Gasteiger charge is 2.10. The molecule has 0 aliphatic carbocycles. The molecule has 0 radical (unpaired) electrons. The minimum Gasteiger partial charge on any atom is -0.368 e. The zero-order valence-corrected chi connectivity index (χ0v) is 12.1. The van der Waals surface area contributed by atoms with Gasteiger partial charge in [0.05, 0.1) is 5.01 Å². The van der Waals surface area contributed by atoms with E-state index in [2.05, 4.69) is 27.6 Å². The molecule has 0 unspecified atom stereocenters. The molecule has 2 N–H and O–H groups in total. The maximum absolute atomic E-state index is 5.86. The third-order valence-corrected chi connectivity index (χ3v) is 4.08. The molecule has 96 valence electrons. The fourth-order valence-corrected chi connectivity index (χ4v) is 3.16. The summed E-state index contributed by atoms with van der Waals surface area (Å²) in [4.78, 5) is 13.4. The summed E-state index contributed by atoms with van der Waals surface area (Å²) < 4.78 is 0. The number of halogens is 1. The molecule has 19 heavy (non-hydrogen) atoms. The molecule has 4 nitrogen and oxygen atoms in total. The monoisotopic (exact) mass is 308 g/mol. The van der Waals surface area contributed by atoms with Crippen LogP contribution in [0.2, 0.25) is 5.02 Å². The van der Waals surface area contributed by atoms with Gasteiger partial charge in [-0.2, -0.15) is 0 Å². The average molecular weight is 309 g/mol. The second-order valence-electron chi connectivity index (χ2n) is 3.97. The number of nitrogens with two attached hydrogens (primary N) is 1. The van der Waals surface area contributed by atoms with Crippen molar-refractivity contribution in [1.29, 1.82) is 0 Å². The van der Waals surface area contributed by atoms with Crippen LogP contribution in [0, 0.1) is 0 Å². The summed E-state index contributed by atoms with van der Waals surface area (Å²) >= 11 is 11.6. The molecule has 7 heteroatoms. The first-order valence-electron chi connectivity index (χ1n) is 5.48. The molecular weight excluding hydrogens is 300 g/mol. The molecule has 2 aromatic heterocycles. The molecule has 0 amide bonds. The molecule has 0 aliphatic heterocycles. The van der Waals surface area contributed by atoms with Crippen molar-refractivity contribution in [1.82, 2.24) is 15.0 Å². The Kier molecular flexibility index (Phi) is 3.30. The minimum absolute atomic E-state index is 0.221. The van der Waals surface area contributed by atoms with Gasteiger partial charge in [0.25, 0.3) is 0 Å². The van der Waals surface area contributed by atoms with Gasteiger partial charge < -0.3 is 5.73 Å². The molecule has 2 heterocycles. The number of thiazole rings is 1. The Morgan fingerprint density at radius 3 is 2.63 bits per heavy atom. The lowest BCUT2D eigenvalue weighted by Crippen LogP contribution is -1.94. The number of nitrogens with zero attached hydrogens (tertiary/aromatic N) is 3. The third-order valence-electron chi connectivity index (χ3n) is 2.57. The fraction of sp³-hybridized carbons (Fsp3) is 0.0833. The van der Waals surface area contributed by atoms with Crippen molar-refractivity contribution in [2.24, 2.45) is 0 Å². The third kappa shape index (κ3) is 2.65. The first kappa shape index (κ1) is 12.7. The lowest BCUT2D eigenvalue weighted by atomic mass is 10.2. The van der Waals surface area contributed by atoms with Gasteiger partial charge in [-0.25, -0.2) is 15.0 Å². The zero-order chi connectivity index (χ0) is 13.4. The highest BCUT2D eigenvalue weighted by Crippen LogP contribution is 2.26. The Balaban J connectivity index is 1.97. The molecule has 1 aromatic carbocycles. The molecule has 0 bridgehead atoms. The minimum atomic E-state index is 0.221. The van der Waals surface area contributed by atoms with E-state index in [1.807, 2.05) is 24.3 Å². The van der Waals surface area contributed by atoms with Crippen LogP contribution in [-0.4, -0.2) is 15.0 Å². The Morgan fingerprint density at radius 2 is 1.89 bits per heavy atom. The van der Waals surface area contributed by atoms with E-state index < -0.39 is 0 Å². The van der Waals surface area contributed by atoms with Crippen molar-refractivity contribution < 1.29 is 0 Å². The van der Waals surface area contributed by atoms with Gasteiger partial charge >= 0.3 is 0 Å². The van der Waals surface area contributed by atoms with Crippen LogP contribution in [0.5, 0.6) is 0 Å². The molecule has 3 aromatic rings. The van der Waals surface area contributed by atoms with E-state index in [4.69, 9.17) is 17.3 Å². The van der Waals surface area contributed by atoms with Crippen molar-refractivity contribution in [3.05, 3.63) is 39.9 Å². The Bertz CT molecular complexity index is 739. The van der Waals surface area contributed by atoms with E-state index >= 15 is 0 Å². The molecule has 3 rings (SSSR count). The molecule has 0 spiro atoms. The summed E-state index contributed by atoms with van der Waals surface area (Å²) in [5, 5.41) is 2.19. The second kappa shape index (κ2) is 4.96. The number of benzene rings is 1. The summed E-state index contributed by atoms with van der Waals surface area (Å²) in [6.45, 7) is 0. The molecule has 0 atom stereocenters. The number of thiol groups is 1. The normalized spacial score (nSPS) is 11.1. The van der Waals surface area contributed by atoms with Gasteiger partial charge in [0.1, 0.15) is 15.4 Å². The average Bonchev–Trinajstić information content (AvgIpc) is 2.75. The Morgan fingerprint density at radius 1 is 1.16 bits per heavy atom. The molecule has 0 saturated carbocycles. The number of nitrogen functional groups attached to an aromatic ring is 1. The number of anilines is 1. The van der Waals surface area contributed by atoms with E-state index in [-0.39, 0.29) is 5.95 Å². The van der Waals surface area contributed by atoms with Crippen LogP contribution < -0.4 is 5.73 Å². The summed E-state index contributed by atoms with van der Waals surface area (Å²) in [6.07, 6.45) is 0.727. The topological polar surface area (TPSA) is 64.7 Å². The van der Waals surface area contributed by atoms with Crippen molar-refractivity contribution >= 4 is 51.9 Å². The molecule has 0 aliphatic rings. The summed E-state index contributed by atoms with van der Waals surface area (Å²) in [5.74, 6) is 0.221. The summed E-state index contributed by atoms with van der Waals surface area (Å²) in [7, 11) is 0. The lowest BCUT2D eigenvalue weighted by Gasteiger charge is -1.97. The summed E-state index contributed by atoms with van der Waals surface area (Å²) in [5.41, 5.74) is 7.44. The van der Waals surface area contributed by atoms with Crippen molar-refractivity contribution in [2.45, 2.75) is 11.4 Å². The van der Waals surface area contributed by atoms with Gasteiger partial charge in [-0.15, -0.1) is 12.6 Å². The van der Waals surface area contributed by atoms with Crippen molar-refractivity contribution in [3.63, 3.8) is 0 Å². The van der Waals surface area contributed by atoms with Gasteiger partial charge in [-0.3, -0.25) is 0 Å². The van der Waals surface area contributed by atoms with Crippen LogP contribution in [0.4, 0.5) is 5.95 Å². The van der Waals surface area contributed by atoms with Crippen LogP contribution in [0.15, 0.2) is 29.3 Å². The van der Waals surface area contributed by atoms with E-state index in [9.17, 15) is 0 Å². The maximum atomic E-state index is 5.86. The molecule has 0 fully saturated rings. The van der Waals surface area contributed by atoms with Crippen molar-refractivity contribution in [3.8, 4) is 0 Å². The van der Waals surface area contributed by atoms with E-state index in [1.54, 1.807) is 0 Å². The Labute approximate surface area is 124 Å². The first-order valence-corrected chi connectivity index (χ1v) is 7.12. The van der Waals surface area contributed by atoms with E-state index in [0.717, 1.165) is 26.8 Å². The van der Waals surface area contributed by atoms with Crippen LogP contribution >= 0.6 is 35.6 Å². The zero-order valence-electron chi connectivity index (χ0n) is 9.67. The van der Waals surface area contributed by atoms with Crippen LogP contribution in [0.1, 0.15) is 10.6 Å². The second-order valence-corrected chi connectivity index (χ2v) is 5.89. The standard InChI is InChI=1S/C12H9ClN4S2/c13-7-3-1-6(2-4-7)5-8-15-9-10(18)16-12(14)17-11(9)19-8/h1-4H,5H2,(H3,14,16,17,18). The van der Waals surface area contributed by atoms with Gasteiger partial charge in [-0.1, -0.05) is 35.1 Å². The predicted octanol–water partition coefficient (Wildman–Crippen LogP) is 3.20.